The third kappa shape index (κ3) is 9.74. The molecule has 0 spiro atoms. The minimum atomic E-state index is -4.07. The normalized spacial score (nSPS) is 15.6. The molecule has 0 bridgehead atoms. The Bertz CT molecular complexity index is 339. The third-order valence-corrected chi connectivity index (χ3v) is 3.11. The van der Waals surface area contributed by atoms with Crippen molar-refractivity contribution in [3.63, 3.8) is 0 Å². The molecule has 0 aromatic carbocycles. The van der Waals surface area contributed by atoms with Crippen LogP contribution in [0.5, 0.6) is 0 Å². The molecule has 0 aliphatic heterocycles. The minimum Gasteiger partial charge on any atom is -0.286 e. The maximum Gasteiger partial charge on any atom is 0.265 e. The molecule has 0 heterocycles. The molecule has 0 amide bonds. The highest BCUT2D eigenvalue weighted by Gasteiger charge is 2.15. The fraction of sp³-hybridized carbons (Fsp3) is 1.00. The van der Waals surface area contributed by atoms with Gasteiger partial charge in [0, 0.05) is 0 Å². The lowest BCUT2D eigenvalue weighted by Gasteiger charge is -2.06. The lowest BCUT2D eigenvalue weighted by Crippen LogP contribution is -2.16. The van der Waals surface area contributed by atoms with Gasteiger partial charge in [0.15, 0.2) is 0 Å². The van der Waals surface area contributed by atoms with E-state index in [2.05, 4.69) is 0 Å². The fourth-order valence-corrected chi connectivity index (χ4v) is 2.38. The summed E-state index contributed by atoms with van der Waals surface area (Å²) >= 11 is 0. The summed E-state index contributed by atoms with van der Waals surface area (Å²) in [5, 5.41) is 0. The molecule has 0 fully saturated rings. The lowest BCUT2D eigenvalue weighted by molar-refractivity contribution is 0.456. The second-order valence-electron chi connectivity index (χ2n) is 2.93. The van der Waals surface area contributed by atoms with Crippen LogP contribution >= 0.6 is 0 Å². The first-order valence-corrected chi connectivity index (χ1v) is 6.72. The highest BCUT2D eigenvalue weighted by Crippen LogP contribution is 2.06. The Morgan fingerprint density at radius 3 is 1.85 bits per heavy atom. The average molecular weight is 232 g/mol. The summed E-state index contributed by atoms with van der Waals surface area (Å²) in [4.78, 5) is 0. The van der Waals surface area contributed by atoms with Crippen LogP contribution in [-0.4, -0.2) is 37.4 Å². The van der Waals surface area contributed by atoms with Crippen LogP contribution in [0.15, 0.2) is 0 Å². The van der Waals surface area contributed by atoms with Gasteiger partial charge in [-0.25, -0.2) is 0 Å². The van der Waals surface area contributed by atoms with E-state index in [0.717, 1.165) is 0 Å². The molecule has 1 unspecified atom stereocenters. The molecule has 6 nitrogen and oxygen atoms in total. The van der Waals surface area contributed by atoms with E-state index in [1.165, 1.54) is 6.92 Å². The predicted molar refractivity (Wildman–Crippen MR) is 46.6 cm³/mol. The smallest absolute Gasteiger partial charge is 0.265 e. The monoisotopic (exact) mass is 232 g/mol. The van der Waals surface area contributed by atoms with E-state index in [9.17, 15) is 16.8 Å². The summed E-state index contributed by atoms with van der Waals surface area (Å²) < 4.78 is 57.8. The Labute approximate surface area is 77.5 Å². The second kappa shape index (κ2) is 4.36. The van der Waals surface area contributed by atoms with E-state index >= 15 is 0 Å². The number of hydrogen-bond acceptors (Lipinski definition) is 4. The molecule has 0 radical (unpaired) electrons. The van der Waals surface area contributed by atoms with E-state index in [1.54, 1.807) is 0 Å². The van der Waals surface area contributed by atoms with Crippen molar-refractivity contribution in [3.8, 4) is 0 Å². The first-order valence-electron chi connectivity index (χ1n) is 3.50. The topological polar surface area (TPSA) is 109 Å². The molecule has 1 atom stereocenters. The molecular weight excluding hydrogens is 220 g/mol. The highest BCUT2D eigenvalue weighted by molar-refractivity contribution is 7.86. The second-order valence-corrected chi connectivity index (χ2v) is 6.00. The Morgan fingerprint density at radius 1 is 1.08 bits per heavy atom. The van der Waals surface area contributed by atoms with Crippen molar-refractivity contribution < 1.29 is 25.9 Å². The van der Waals surface area contributed by atoms with Crippen LogP contribution in [0.2, 0.25) is 0 Å². The number of hydrogen-bond donors (Lipinski definition) is 2. The van der Waals surface area contributed by atoms with Crippen molar-refractivity contribution in [1.29, 1.82) is 0 Å². The highest BCUT2D eigenvalue weighted by atomic mass is 32.2. The van der Waals surface area contributed by atoms with Gasteiger partial charge < -0.3 is 0 Å². The molecule has 0 saturated heterocycles. The van der Waals surface area contributed by atoms with Gasteiger partial charge in [0.05, 0.1) is 11.5 Å². The lowest BCUT2D eigenvalue weighted by atomic mass is 10.2. The zero-order chi connectivity index (χ0) is 10.7. The summed E-state index contributed by atoms with van der Waals surface area (Å²) in [7, 11) is -8.12. The van der Waals surface area contributed by atoms with Crippen molar-refractivity contribution in [2.45, 2.75) is 13.3 Å². The maximum atomic E-state index is 10.3. The van der Waals surface area contributed by atoms with Gasteiger partial charge in [-0.2, -0.15) is 16.8 Å². The number of rotatable bonds is 5. The van der Waals surface area contributed by atoms with Gasteiger partial charge in [-0.1, -0.05) is 6.92 Å². The first kappa shape index (κ1) is 12.8. The van der Waals surface area contributed by atoms with Gasteiger partial charge in [0.2, 0.25) is 0 Å². The van der Waals surface area contributed by atoms with Crippen molar-refractivity contribution in [3.05, 3.63) is 0 Å². The summed E-state index contributed by atoms with van der Waals surface area (Å²) in [6, 6.07) is 0. The average Bonchev–Trinajstić information content (AvgIpc) is 1.78. The van der Waals surface area contributed by atoms with Gasteiger partial charge in [0.25, 0.3) is 20.2 Å². The Morgan fingerprint density at radius 2 is 1.54 bits per heavy atom. The third-order valence-electron chi connectivity index (χ3n) is 1.36. The van der Waals surface area contributed by atoms with Crippen LogP contribution < -0.4 is 0 Å². The maximum absolute atomic E-state index is 10.3. The molecule has 0 saturated carbocycles. The van der Waals surface area contributed by atoms with Gasteiger partial charge in [-0.15, -0.1) is 0 Å². The van der Waals surface area contributed by atoms with E-state index < -0.39 is 37.7 Å². The van der Waals surface area contributed by atoms with Crippen LogP contribution in [0.4, 0.5) is 0 Å². The molecule has 0 aromatic heterocycles. The van der Waals surface area contributed by atoms with Gasteiger partial charge in [-0.3, -0.25) is 9.11 Å². The summed E-state index contributed by atoms with van der Waals surface area (Å²) in [5.74, 6) is -1.50. The summed E-state index contributed by atoms with van der Waals surface area (Å²) in [5.41, 5.74) is 0. The van der Waals surface area contributed by atoms with E-state index in [-0.39, 0.29) is 6.42 Å². The van der Waals surface area contributed by atoms with Crippen LogP contribution in [0.25, 0.3) is 0 Å². The molecular formula is C5H12O6S2. The van der Waals surface area contributed by atoms with Crippen LogP contribution in [0.3, 0.4) is 0 Å². The molecule has 13 heavy (non-hydrogen) atoms. The standard InChI is InChI=1S/C5H12O6S2/c1-5(4-13(9,10)11)2-3-12(6,7)8/h5H,2-4H2,1H3,(H,6,7,8)(H,9,10,11). The van der Waals surface area contributed by atoms with Gasteiger partial charge >= 0.3 is 0 Å². The summed E-state index contributed by atoms with van der Waals surface area (Å²) in [6.07, 6.45) is -0.00137. The molecule has 0 aliphatic rings. The van der Waals surface area contributed by atoms with Crippen LogP contribution in [0, 0.1) is 5.92 Å². The van der Waals surface area contributed by atoms with E-state index in [4.69, 9.17) is 9.11 Å². The minimum absolute atomic E-state index is 0.00137. The first-order chi connectivity index (χ1) is 5.60. The SMILES string of the molecule is CC(CCS(=O)(=O)O)CS(=O)(=O)O. The molecule has 0 aliphatic carbocycles. The zero-order valence-corrected chi connectivity index (χ0v) is 8.68. The largest absolute Gasteiger partial charge is 0.286 e. The quantitative estimate of drug-likeness (QED) is 0.635. The Balaban J connectivity index is 3.98. The van der Waals surface area contributed by atoms with Crippen LogP contribution in [-0.2, 0) is 20.2 Å². The van der Waals surface area contributed by atoms with E-state index in [0.29, 0.717) is 0 Å². The molecule has 0 aromatic rings. The molecule has 0 rings (SSSR count). The molecule has 2 N–H and O–H groups in total. The fourth-order valence-electron chi connectivity index (χ4n) is 0.793. The molecule has 80 valence electrons. The van der Waals surface area contributed by atoms with E-state index in [1.807, 2.05) is 0 Å². The van der Waals surface area contributed by atoms with Crippen molar-refractivity contribution in [1.82, 2.24) is 0 Å². The predicted octanol–water partition coefficient (Wildman–Crippen LogP) is -0.212. The van der Waals surface area contributed by atoms with Crippen molar-refractivity contribution in [2.24, 2.45) is 5.92 Å². The summed E-state index contributed by atoms with van der Waals surface area (Å²) in [6.45, 7) is 1.47. The zero-order valence-electron chi connectivity index (χ0n) is 7.04. The Hall–Kier alpha value is -0.180. The van der Waals surface area contributed by atoms with Crippen molar-refractivity contribution in [2.75, 3.05) is 11.5 Å². The van der Waals surface area contributed by atoms with Gasteiger partial charge in [-0.05, 0) is 12.3 Å². The van der Waals surface area contributed by atoms with Crippen LogP contribution in [0.1, 0.15) is 13.3 Å². The molecule has 8 heteroatoms. The Kier molecular flexibility index (Phi) is 4.30. The van der Waals surface area contributed by atoms with Crippen molar-refractivity contribution >= 4 is 20.2 Å². The van der Waals surface area contributed by atoms with Gasteiger partial charge in [0.1, 0.15) is 0 Å².